The molecule has 0 radical (unpaired) electrons. The molecule has 0 fully saturated rings. The molecule has 3 aliphatic rings. The molecule has 0 spiro atoms. The Morgan fingerprint density at radius 3 is 3.54 bits per heavy atom. The van der Waals surface area contributed by atoms with Crippen molar-refractivity contribution < 1.29 is 4.74 Å². The fraction of sp³-hybridized carbons (Fsp3) is 0.300. The minimum atomic E-state index is 0.240. The average molecular weight is 174 g/mol. The van der Waals surface area contributed by atoms with E-state index in [2.05, 4.69) is 28.5 Å². The number of hydrogen-bond acceptors (Lipinski definition) is 3. The predicted molar refractivity (Wildman–Crippen MR) is 50.5 cm³/mol. The molecule has 3 rings (SSSR count). The molecule has 0 bridgehead atoms. The molecule has 66 valence electrons. The second-order valence-corrected chi connectivity index (χ2v) is 3.29. The Labute approximate surface area is 76.5 Å². The molecule has 1 unspecified atom stereocenters. The van der Waals surface area contributed by atoms with E-state index in [0.29, 0.717) is 13.3 Å². The van der Waals surface area contributed by atoms with Crippen LogP contribution in [-0.2, 0) is 4.74 Å². The van der Waals surface area contributed by atoms with Gasteiger partial charge in [-0.25, -0.2) is 0 Å². The first-order valence-electron chi connectivity index (χ1n) is 4.42. The van der Waals surface area contributed by atoms with Gasteiger partial charge < -0.3 is 10.1 Å². The van der Waals surface area contributed by atoms with Gasteiger partial charge in [-0.15, -0.1) is 0 Å². The van der Waals surface area contributed by atoms with Gasteiger partial charge in [0.05, 0.1) is 12.6 Å². The van der Waals surface area contributed by atoms with E-state index in [0.717, 1.165) is 0 Å². The molecule has 2 aliphatic heterocycles. The number of allylic oxidation sites excluding steroid dienone is 1. The molecular weight excluding hydrogens is 164 g/mol. The van der Waals surface area contributed by atoms with Crippen LogP contribution in [0.25, 0.3) is 0 Å². The van der Waals surface area contributed by atoms with Crippen molar-refractivity contribution in [3.63, 3.8) is 0 Å². The summed E-state index contributed by atoms with van der Waals surface area (Å²) in [6.45, 7) is 1.32. The molecule has 13 heavy (non-hydrogen) atoms. The lowest BCUT2D eigenvalue weighted by Crippen LogP contribution is -2.30. The summed E-state index contributed by atoms with van der Waals surface area (Å²) >= 11 is 0. The fourth-order valence-electron chi connectivity index (χ4n) is 1.88. The van der Waals surface area contributed by atoms with E-state index in [-0.39, 0.29) is 6.04 Å². The Morgan fingerprint density at radius 2 is 2.54 bits per heavy atom. The molecule has 3 heteroatoms. The van der Waals surface area contributed by atoms with Gasteiger partial charge in [0.1, 0.15) is 6.73 Å². The average Bonchev–Trinajstić information content (AvgIpc) is 2.65. The summed E-state index contributed by atoms with van der Waals surface area (Å²) in [5, 5.41) is 3.25. The summed E-state index contributed by atoms with van der Waals surface area (Å²) in [5.74, 6) is 0. The van der Waals surface area contributed by atoms with Crippen LogP contribution in [-0.4, -0.2) is 25.6 Å². The number of hydrogen-bond donors (Lipinski definition) is 1. The van der Waals surface area contributed by atoms with Gasteiger partial charge in [0, 0.05) is 23.1 Å². The van der Waals surface area contributed by atoms with Crippen molar-refractivity contribution in [3.8, 4) is 0 Å². The van der Waals surface area contributed by atoms with Gasteiger partial charge in [-0.05, 0) is 6.08 Å². The predicted octanol–water partition coefficient (Wildman–Crippen LogP) is 0.767. The topological polar surface area (TPSA) is 33.6 Å². The van der Waals surface area contributed by atoms with Gasteiger partial charge in [0.15, 0.2) is 0 Å². The second-order valence-electron chi connectivity index (χ2n) is 3.29. The highest BCUT2D eigenvalue weighted by Gasteiger charge is 2.25. The van der Waals surface area contributed by atoms with Crippen LogP contribution < -0.4 is 5.32 Å². The number of nitrogens with one attached hydrogen (secondary N) is 1. The summed E-state index contributed by atoms with van der Waals surface area (Å²) in [4.78, 5) is 4.33. The van der Waals surface area contributed by atoms with Gasteiger partial charge in [0.25, 0.3) is 0 Å². The van der Waals surface area contributed by atoms with Gasteiger partial charge in [-0.2, -0.15) is 0 Å². The van der Waals surface area contributed by atoms with Gasteiger partial charge in [-0.1, -0.05) is 12.2 Å². The molecule has 2 heterocycles. The Balaban J connectivity index is 2.07. The van der Waals surface area contributed by atoms with Gasteiger partial charge >= 0.3 is 0 Å². The fourth-order valence-corrected chi connectivity index (χ4v) is 1.88. The zero-order chi connectivity index (χ0) is 8.67. The molecule has 0 amide bonds. The lowest BCUT2D eigenvalue weighted by molar-refractivity contribution is 0.132. The molecule has 3 nitrogen and oxygen atoms in total. The third-order valence-corrected chi connectivity index (χ3v) is 2.52. The maximum atomic E-state index is 5.30. The van der Waals surface area contributed by atoms with E-state index in [9.17, 15) is 0 Å². The first kappa shape index (κ1) is 7.09. The van der Waals surface area contributed by atoms with E-state index in [4.69, 9.17) is 4.74 Å². The SMILES string of the molecule is C1=CC2N=CC=C2C2=C1COCN2. The van der Waals surface area contributed by atoms with Crippen LogP contribution in [0, 0.1) is 0 Å². The van der Waals surface area contributed by atoms with Crippen LogP contribution in [0.3, 0.4) is 0 Å². The third-order valence-electron chi connectivity index (χ3n) is 2.52. The number of fused-ring (bicyclic) bond motifs is 2. The second kappa shape index (κ2) is 2.57. The Bertz CT molecular complexity index is 363. The van der Waals surface area contributed by atoms with Crippen molar-refractivity contribution in [2.24, 2.45) is 4.99 Å². The zero-order valence-electron chi connectivity index (χ0n) is 7.16. The van der Waals surface area contributed by atoms with Crippen molar-refractivity contribution >= 4 is 6.21 Å². The van der Waals surface area contributed by atoms with E-state index >= 15 is 0 Å². The van der Waals surface area contributed by atoms with Crippen LogP contribution in [0.4, 0.5) is 0 Å². The number of rotatable bonds is 0. The highest BCUT2D eigenvalue weighted by molar-refractivity contribution is 5.79. The minimum absolute atomic E-state index is 0.240. The summed E-state index contributed by atoms with van der Waals surface area (Å²) in [6.07, 6.45) is 8.16. The van der Waals surface area contributed by atoms with Gasteiger partial charge in [-0.3, -0.25) is 4.99 Å². The highest BCUT2D eigenvalue weighted by Crippen LogP contribution is 2.28. The molecule has 0 aromatic carbocycles. The molecule has 1 aliphatic carbocycles. The molecule has 0 aromatic rings. The molecule has 0 aromatic heterocycles. The monoisotopic (exact) mass is 174 g/mol. The lowest BCUT2D eigenvalue weighted by Gasteiger charge is -2.26. The Morgan fingerprint density at radius 1 is 1.54 bits per heavy atom. The zero-order valence-corrected chi connectivity index (χ0v) is 7.16. The highest BCUT2D eigenvalue weighted by atomic mass is 16.5. The summed E-state index contributed by atoms with van der Waals surface area (Å²) in [6, 6.07) is 0.240. The first-order valence-corrected chi connectivity index (χ1v) is 4.42. The van der Waals surface area contributed by atoms with Crippen molar-refractivity contribution in [2.45, 2.75) is 6.04 Å². The molecular formula is C10H10N2O. The first-order chi connectivity index (χ1) is 6.45. The summed E-state index contributed by atoms with van der Waals surface area (Å²) < 4.78 is 5.30. The van der Waals surface area contributed by atoms with Crippen LogP contribution in [0.1, 0.15) is 0 Å². The Hall–Kier alpha value is -1.35. The standard InChI is InChI=1S/C10H10N2O/c1-2-9-8(3-4-11-9)10-7(1)5-13-6-12-10/h1-4,9,12H,5-6H2. The Kier molecular flexibility index (Phi) is 1.40. The van der Waals surface area contributed by atoms with Crippen molar-refractivity contribution in [2.75, 3.05) is 13.3 Å². The normalized spacial score (nSPS) is 29.5. The summed E-state index contributed by atoms with van der Waals surface area (Å²) in [5.41, 5.74) is 3.73. The van der Waals surface area contributed by atoms with E-state index in [1.54, 1.807) is 0 Å². The van der Waals surface area contributed by atoms with Crippen molar-refractivity contribution in [1.29, 1.82) is 0 Å². The van der Waals surface area contributed by atoms with Crippen LogP contribution >= 0.6 is 0 Å². The van der Waals surface area contributed by atoms with E-state index < -0.39 is 0 Å². The number of nitrogens with zero attached hydrogens (tertiary/aromatic N) is 1. The third kappa shape index (κ3) is 0.971. The van der Waals surface area contributed by atoms with E-state index in [1.807, 2.05) is 6.21 Å². The smallest absolute Gasteiger partial charge is 0.116 e. The number of aliphatic imine (C=N–C) groups is 1. The molecule has 0 saturated carbocycles. The largest absolute Gasteiger partial charge is 0.362 e. The lowest BCUT2D eigenvalue weighted by atomic mass is 9.95. The minimum Gasteiger partial charge on any atom is -0.362 e. The summed E-state index contributed by atoms with van der Waals surface area (Å²) in [7, 11) is 0. The maximum Gasteiger partial charge on any atom is 0.116 e. The number of ether oxygens (including phenoxy) is 1. The van der Waals surface area contributed by atoms with Gasteiger partial charge in [0.2, 0.25) is 0 Å². The van der Waals surface area contributed by atoms with Crippen LogP contribution in [0.5, 0.6) is 0 Å². The molecule has 0 saturated heterocycles. The van der Waals surface area contributed by atoms with Crippen molar-refractivity contribution in [3.05, 3.63) is 35.1 Å². The maximum absolute atomic E-state index is 5.30. The molecule has 1 atom stereocenters. The van der Waals surface area contributed by atoms with Crippen LogP contribution in [0.2, 0.25) is 0 Å². The quantitative estimate of drug-likeness (QED) is 0.588. The van der Waals surface area contributed by atoms with E-state index in [1.165, 1.54) is 16.8 Å². The molecule has 1 N–H and O–H groups in total. The van der Waals surface area contributed by atoms with Crippen molar-refractivity contribution in [1.82, 2.24) is 5.32 Å². The van der Waals surface area contributed by atoms with Crippen LogP contribution in [0.15, 0.2) is 40.1 Å².